The number of aromatic nitrogens is 1. The standard InChI is InChI=1S/C21H22ClNO7S/c1-11-13-8-15(21(25)26)20(24)23(12-4-5-12)19(13)14-9-16(22)17(30-7-3-6-29-2)10-18(14)31(11,27)28/h8-12H,3-7H2,1-2H3,(H,25,26)/t11-/m0/s1. The molecule has 1 saturated carbocycles. The molecule has 0 saturated heterocycles. The van der Waals surface area contributed by atoms with Crippen LogP contribution in [0, 0.1) is 0 Å². The topological polar surface area (TPSA) is 112 Å². The molecule has 0 amide bonds. The van der Waals surface area contributed by atoms with Crippen molar-refractivity contribution in [2.45, 2.75) is 42.4 Å². The van der Waals surface area contributed by atoms with E-state index in [1.807, 2.05) is 0 Å². The van der Waals surface area contributed by atoms with Crippen LogP contribution in [0.15, 0.2) is 27.9 Å². The number of ether oxygens (including phenoxy) is 2. The first-order valence-corrected chi connectivity index (χ1v) is 11.8. The predicted molar refractivity (Wildman–Crippen MR) is 114 cm³/mol. The smallest absolute Gasteiger partial charge is 0.341 e. The van der Waals surface area contributed by atoms with Crippen molar-refractivity contribution in [2.24, 2.45) is 0 Å². The maximum atomic E-state index is 13.3. The van der Waals surface area contributed by atoms with Crippen LogP contribution >= 0.6 is 11.6 Å². The van der Waals surface area contributed by atoms with Gasteiger partial charge < -0.3 is 19.1 Å². The minimum absolute atomic E-state index is 0.0236. The molecule has 0 bridgehead atoms. The molecule has 2 heterocycles. The zero-order valence-corrected chi connectivity index (χ0v) is 18.6. The zero-order valence-electron chi connectivity index (χ0n) is 17.1. The second-order valence-electron chi connectivity index (χ2n) is 7.73. The fraction of sp³-hybridized carbons (Fsp3) is 0.429. The Hall–Kier alpha value is -2.36. The molecule has 1 N–H and O–H groups in total. The molecule has 1 aliphatic heterocycles. The zero-order chi connectivity index (χ0) is 22.5. The minimum Gasteiger partial charge on any atom is -0.492 e. The van der Waals surface area contributed by atoms with E-state index in [4.69, 9.17) is 21.1 Å². The van der Waals surface area contributed by atoms with Crippen LogP contribution in [0.5, 0.6) is 5.75 Å². The van der Waals surface area contributed by atoms with Gasteiger partial charge in [-0.25, -0.2) is 13.2 Å². The van der Waals surface area contributed by atoms with Gasteiger partial charge in [0.1, 0.15) is 11.3 Å². The number of carbonyl (C=O) groups is 1. The normalized spacial score (nSPS) is 18.9. The van der Waals surface area contributed by atoms with Gasteiger partial charge in [-0.1, -0.05) is 11.6 Å². The highest BCUT2D eigenvalue weighted by molar-refractivity contribution is 7.92. The van der Waals surface area contributed by atoms with E-state index in [2.05, 4.69) is 0 Å². The molecule has 1 fully saturated rings. The number of aromatic carboxylic acids is 1. The van der Waals surface area contributed by atoms with Gasteiger partial charge in [0.25, 0.3) is 5.56 Å². The minimum atomic E-state index is -3.86. The number of hydrogen-bond donors (Lipinski definition) is 1. The van der Waals surface area contributed by atoms with Crippen molar-refractivity contribution in [1.29, 1.82) is 0 Å². The third kappa shape index (κ3) is 3.64. The molecule has 8 nitrogen and oxygen atoms in total. The van der Waals surface area contributed by atoms with E-state index in [9.17, 15) is 23.1 Å². The van der Waals surface area contributed by atoms with E-state index in [0.717, 1.165) is 12.8 Å². The summed E-state index contributed by atoms with van der Waals surface area (Å²) >= 11 is 6.41. The van der Waals surface area contributed by atoms with Crippen LogP contribution in [-0.2, 0) is 14.6 Å². The summed E-state index contributed by atoms with van der Waals surface area (Å²) < 4.78 is 38.7. The summed E-state index contributed by atoms with van der Waals surface area (Å²) in [6, 6.07) is 3.91. The summed E-state index contributed by atoms with van der Waals surface area (Å²) in [4.78, 5) is 24.6. The summed E-state index contributed by atoms with van der Waals surface area (Å²) in [6.07, 6.45) is 2.05. The highest BCUT2D eigenvalue weighted by atomic mass is 35.5. The Morgan fingerprint density at radius 3 is 2.58 bits per heavy atom. The molecule has 0 unspecified atom stereocenters. The Bertz CT molecular complexity index is 1230. The molecular weight excluding hydrogens is 446 g/mol. The highest BCUT2D eigenvalue weighted by Crippen LogP contribution is 2.49. The molecule has 1 aromatic heterocycles. The average Bonchev–Trinajstić information content (AvgIpc) is 3.54. The van der Waals surface area contributed by atoms with E-state index in [-0.39, 0.29) is 21.7 Å². The van der Waals surface area contributed by atoms with Gasteiger partial charge in [-0.05, 0) is 37.5 Å². The van der Waals surface area contributed by atoms with Gasteiger partial charge in [0, 0.05) is 37.8 Å². The highest BCUT2D eigenvalue weighted by Gasteiger charge is 2.41. The number of methoxy groups -OCH3 is 1. The molecule has 4 rings (SSSR count). The van der Waals surface area contributed by atoms with Crippen LogP contribution in [0.4, 0.5) is 0 Å². The Labute approximate surface area is 184 Å². The number of sulfone groups is 1. The maximum Gasteiger partial charge on any atom is 0.341 e. The number of fused-ring (bicyclic) bond motifs is 3. The second-order valence-corrected chi connectivity index (χ2v) is 10.4. The first-order valence-electron chi connectivity index (χ1n) is 9.90. The van der Waals surface area contributed by atoms with Crippen LogP contribution in [-0.4, -0.2) is 44.4 Å². The molecule has 1 aliphatic carbocycles. The van der Waals surface area contributed by atoms with Crippen molar-refractivity contribution in [3.8, 4) is 17.0 Å². The third-order valence-electron chi connectivity index (χ3n) is 5.66. The maximum absolute atomic E-state index is 13.3. The Morgan fingerprint density at radius 2 is 1.97 bits per heavy atom. The summed E-state index contributed by atoms with van der Waals surface area (Å²) in [5.74, 6) is -1.14. The van der Waals surface area contributed by atoms with Gasteiger partial charge in [-0.15, -0.1) is 0 Å². The van der Waals surface area contributed by atoms with Crippen molar-refractivity contribution in [1.82, 2.24) is 4.57 Å². The van der Waals surface area contributed by atoms with Crippen molar-refractivity contribution < 1.29 is 27.8 Å². The molecule has 2 aromatic rings. The van der Waals surface area contributed by atoms with Crippen LogP contribution < -0.4 is 10.3 Å². The van der Waals surface area contributed by atoms with E-state index in [0.29, 0.717) is 36.5 Å². The van der Waals surface area contributed by atoms with Crippen LogP contribution in [0.2, 0.25) is 5.02 Å². The van der Waals surface area contributed by atoms with Gasteiger partial charge in [-0.2, -0.15) is 0 Å². The number of halogens is 1. The molecule has 31 heavy (non-hydrogen) atoms. The van der Waals surface area contributed by atoms with E-state index >= 15 is 0 Å². The molecular formula is C21H22ClNO7S. The number of rotatable bonds is 7. The van der Waals surface area contributed by atoms with Gasteiger partial charge in [0.15, 0.2) is 9.84 Å². The van der Waals surface area contributed by atoms with Crippen molar-refractivity contribution in [3.63, 3.8) is 0 Å². The fourth-order valence-corrected chi connectivity index (χ4v) is 5.74. The first kappa shape index (κ1) is 21.9. The molecule has 0 spiro atoms. The van der Waals surface area contributed by atoms with E-state index in [1.54, 1.807) is 7.11 Å². The Morgan fingerprint density at radius 1 is 1.26 bits per heavy atom. The summed E-state index contributed by atoms with van der Waals surface area (Å²) in [7, 11) is -2.28. The quantitative estimate of drug-likeness (QED) is 0.620. The lowest BCUT2D eigenvalue weighted by Gasteiger charge is -2.29. The lowest BCUT2D eigenvalue weighted by Crippen LogP contribution is -2.31. The van der Waals surface area contributed by atoms with Crippen LogP contribution in [0.25, 0.3) is 11.3 Å². The van der Waals surface area contributed by atoms with Crippen molar-refractivity contribution in [2.75, 3.05) is 20.3 Å². The van der Waals surface area contributed by atoms with Gasteiger partial charge >= 0.3 is 5.97 Å². The predicted octanol–water partition coefficient (Wildman–Crippen LogP) is 3.47. The van der Waals surface area contributed by atoms with E-state index in [1.165, 1.54) is 29.7 Å². The number of hydrogen-bond acceptors (Lipinski definition) is 6. The van der Waals surface area contributed by atoms with E-state index < -0.39 is 32.2 Å². The average molecular weight is 468 g/mol. The number of carboxylic acids is 1. The van der Waals surface area contributed by atoms with Gasteiger partial charge in [-0.3, -0.25) is 4.79 Å². The fourth-order valence-electron chi connectivity index (χ4n) is 3.89. The molecule has 166 valence electrons. The number of nitrogens with zero attached hydrogens (tertiary/aromatic N) is 1. The molecule has 1 atom stereocenters. The molecule has 1 aromatic carbocycles. The van der Waals surface area contributed by atoms with Gasteiger partial charge in [0.2, 0.25) is 0 Å². The molecule has 10 heteroatoms. The molecule has 2 aliphatic rings. The second kappa shape index (κ2) is 7.96. The largest absolute Gasteiger partial charge is 0.492 e. The number of benzene rings is 1. The summed E-state index contributed by atoms with van der Waals surface area (Å²) in [5, 5.41) is 8.68. The lowest BCUT2D eigenvalue weighted by molar-refractivity contribution is 0.0694. The Kier molecular flexibility index (Phi) is 5.61. The van der Waals surface area contributed by atoms with Crippen molar-refractivity contribution in [3.05, 3.63) is 44.7 Å². The lowest BCUT2D eigenvalue weighted by atomic mass is 9.99. The molecule has 0 radical (unpaired) electrons. The SMILES string of the molecule is COCCCOc1cc2c(cc1Cl)-c1c(cc(C(=O)O)c(=O)n1C1CC1)[C@H](C)S2(=O)=O. The van der Waals surface area contributed by atoms with Gasteiger partial charge in [0.05, 0.1) is 27.5 Å². The summed E-state index contributed by atoms with van der Waals surface area (Å²) in [6.45, 7) is 2.29. The van der Waals surface area contributed by atoms with Crippen LogP contribution in [0.3, 0.4) is 0 Å². The monoisotopic (exact) mass is 467 g/mol. The number of carboxylic acid groups (broad SMARTS) is 1. The first-order chi connectivity index (χ1) is 14.7. The summed E-state index contributed by atoms with van der Waals surface area (Å²) in [5.41, 5.74) is -0.0604. The van der Waals surface area contributed by atoms with Crippen LogP contribution in [0.1, 0.15) is 53.4 Å². The van der Waals surface area contributed by atoms with Crippen molar-refractivity contribution >= 4 is 27.4 Å². The Balaban J connectivity index is 1.95. The number of pyridine rings is 1. The third-order valence-corrected chi connectivity index (χ3v) is 8.09.